The standard InChI is InChI=1S/C27H32F6N6O/c1-4-38(13-17-7-5-6-8-17)24-22(12-21-15(2)36-37-23(21)35-24)16(3)39(25(34)40)14-18-9-19(26(28,29)30)11-20(10-18)27(31,32)33/h9-12,16-17H,4-8,13-14H2,1-3H3,(H2,34,40)(H,35,36,37). The van der Waals surface area contributed by atoms with Crippen molar-refractivity contribution < 1.29 is 31.1 Å². The van der Waals surface area contributed by atoms with Gasteiger partial charge in [-0.05, 0) is 69.4 Å². The first-order chi connectivity index (χ1) is 18.7. The molecule has 0 bridgehead atoms. The summed E-state index contributed by atoms with van der Waals surface area (Å²) >= 11 is 0. The maximum absolute atomic E-state index is 13.5. The van der Waals surface area contributed by atoms with Crippen LogP contribution in [-0.2, 0) is 18.9 Å². The zero-order valence-corrected chi connectivity index (χ0v) is 22.5. The highest BCUT2D eigenvalue weighted by molar-refractivity contribution is 5.82. The number of hydrogen-bond acceptors (Lipinski definition) is 4. The minimum atomic E-state index is -5.01. The van der Waals surface area contributed by atoms with Crippen LogP contribution in [-0.4, -0.2) is 39.2 Å². The van der Waals surface area contributed by atoms with Crippen molar-refractivity contribution in [3.63, 3.8) is 0 Å². The van der Waals surface area contributed by atoms with Crippen molar-refractivity contribution in [2.45, 2.75) is 71.4 Å². The Bertz CT molecular complexity index is 1330. The Labute approximate surface area is 227 Å². The molecule has 0 radical (unpaired) electrons. The highest BCUT2D eigenvalue weighted by Gasteiger charge is 2.37. The molecule has 3 N–H and O–H groups in total. The minimum Gasteiger partial charge on any atom is -0.356 e. The second kappa shape index (κ2) is 11.2. The number of urea groups is 1. The van der Waals surface area contributed by atoms with Crippen LogP contribution in [0.4, 0.5) is 37.0 Å². The molecular weight excluding hydrogens is 538 g/mol. The van der Waals surface area contributed by atoms with E-state index in [4.69, 9.17) is 10.7 Å². The molecule has 3 aromatic rings. The predicted molar refractivity (Wildman–Crippen MR) is 138 cm³/mol. The molecule has 1 aliphatic carbocycles. The van der Waals surface area contributed by atoms with Crippen LogP contribution in [0.15, 0.2) is 24.3 Å². The number of pyridine rings is 1. The van der Waals surface area contributed by atoms with Crippen LogP contribution >= 0.6 is 0 Å². The van der Waals surface area contributed by atoms with Gasteiger partial charge >= 0.3 is 18.4 Å². The van der Waals surface area contributed by atoms with E-state index in [0.29, 0.717) is 52.7 Å². The summed E-state index contributed by atoms with van der Waals surface area (Å²) in [6.07, 6.45) is -5.58. The van der Waals surface area contributed by atoms with Crippen molar-refractivity contribution in [1.29, 1.82) is 0 Å². The first-order valence-corrected chi connectivity index (χ1v) is 13.1. The van der Waals surface area contributed by atoms with Crippen LogP contribution in [0.3, 0.4) is 0 Å². The van der Waals surface area contributed by atoms with E-state index in [2.05, 4.69) is 15.1 Å². The zero-order valence-electron chi connectivity index (χ0n) is 22.5. The SMILES string of the molecule is CCN(CC1CCCC1)c1nc2[nH]nc(C)c2cc1C(C)N(Cc1cc(C(F)(F)F)cc(C(F)(F)F)c1)C(N)=O. The maximum atomic E-state index is 13.5. The normalized spacial score (nSPS) is 15.5. The van der Waals surface area contributed by atoms with Crippen molar-refractivity contribution in [2.24, 2.45) is 11.7 Å². The minimum absolute atomic E-state index is 0.0569. The molecule has 1 unspecified atom stereocenters. The third kappa shape index (κ3) is 6.28. The Morgan fingerprint density at radius 3 is 2.20 bits per heavy atom. The van der Waals surface area contributed by atoms with Crippen LogP contribution in [0, 0.1) is 12.8 Å². The van der Waals surface area contributed by atoms with E-state index >= 15 is 0 Å². The Morgan fingerprint density at radius 2 is 1.68 bits per heavy atom. The first kappa shape index (κ1) is 29.5. The number of aromatic nitrogens is 3. The molecule has 13 heteroatoms. The number of carbonyl (C=O) groups is 1. The van der Waals surface area contributed by atoms with Gasteiger partial charge < -0.3 is 15.5 Å². The Morgan fingerprint density at radius 1 is 1.07 bits per heavy atom. The first-order valence-electron chi connectivity index (χ1n) is 13.1. The van der Waals surface area contributed by atoms with Crippen LogP contribution in [0.25, 0.3) is 11.0 Å². The smallest absolute Gasteiger partial charge is 0.356 e. The van der Waals surface area contributed by atoms with Gasteiger partial charge in [0, 0.05) is 30.6 Å². The fourth-order valence-corrected chi connectivity index (χ4v) is 5.39. The van der Waals surface area contributed by atoms with Gasteiger partial charge in [0.1, 0.15) is 5.82 Å². The van der Waals surface area contributed by atoms with Crippen molar-refractivity contribution >= 4 is 22.9 Å². The lowest BCUT2D eigenvalue weighted by Crippen LogP contribution is -2.38. The van der Waals surface area contributed by atoms with Crippen molar-refractivity contribution in [2.75, 3.05) is 18.0 Å². The van der Waals surface area contributed by atoms with Crippen LogP contribution < -0.4 is 10.6 Å². The number of aromatic amines is 1. The third-order valence-corrected chi connectivity index (χ3v) is 7.59. The molecule has 2 aromatic heterocycles. The van der Waals surface area contributed by atoms with Gasteiger partial charge in [-0.25, -0.2) is 9.78 Å². The monoisotopic (exact) mass is 570 g/mol. The number of H-pyrrole nitrogens is 1. The third-order valence-electron chi connectivity index (χ3n) is 7.59. The number of anilines is 1. The topological polar surface area (TPSA) is 91.1 Å². The summed E-state index contributed by atoms with van der Waals surface area (Å²) in [5, 5.41) is 7.79. The Hall–Kier alpha value is -3.51. The molecule has 4 rings (SSSR count). The molecular formula is C27H32F6N6O. The van der Waals surface area contributed by atoms with Gasteiger partial charge in [0.2, 0.25) is 0 Å². The number of carbonyl (C=O) groups excluding carboxylic acids is 1. The van der Waals surface area contributed by atoms with Gasteiger partial charge in [-0.2, -0.15) is 31.4 Å². The lowest BCUT2D eigenvalue weighted by Gasteiger charge is -2.33. The molecule has 0 aliphatic heterocycles. The molecule has 7 nitrogen and oxygen atoms in total. The Balaban J connectivity index is 1.78. The average molecular weight is 571 g/mol. The van der Waals surface area contributed by atoms with Gasteiger partial charge in [-0.1, -0.05) is 12.8 Å². The lowest BCUT2D eigenvalue weighted by atomic mass is 10.0. The van der Waals surface area contributed by atoms with E-state index in [0.717, 1.165) is 37.1 Å². The van der Waals surface area contributed by atoms with E-state index in [-0.39, 0.29) is 11.6 Å². The van der Waals surface area contributed by atoms with E-state index in [1.54, 1.807) is 13.8 Å². The molecule has 1 fully saturated rings. The second-order valence-electron chi connectivity index (χ2n) is 10.4. The number of halogens is 6. The van der Waals surface area contributed by atoms with Gasteiger partial charge in [0.25, 0.3) is 0 Å². The molecule has 218 valence electrons. The van der Waals surface area contributed by atoms with Gasteiger partial charge in [-0.15, -0.1) is 0 Å². The van der Waals surface area contributed by atoms with E-state index in [9.17, 15) is 31.1 Å². The summed E-state index contributed by atoms with van der Waals surface area (Å²) in [5.74, 6) is 1.02. The molecule has 2 heterocycles. The summed E-state index contributed by atoms with van der Waals surface area (Å²) in [6.45, 7) is 6.13. The van der Waals surface area contributed by atoms with E-state index < -0.39 is 42.1 Å². The van der Waals surface area contributed by atoms with Crippen LogP contribution in [0.1, 0.15) is 73.5 Å². The number of nitrogens with two attached hydrogens (primary N) is 1. The summed E-state index contributed by atoms with van der Waals surface area (Å²) in [4.78, 5) is 20.6. The van der Waals surface area contributed by atoms with Crippen LogP contribution in [0.2, 0.25) is 0 Å². The summed E-state index contributed by atoms with van der Waals surface area (Å²) in [6, 6.07) is 1.26. The number of nitrogens with zero attached hydrogens (tertiary/aromatic N) is 4. The lowest BCUT2D eigenvalue weighted by molar-refractivity contribution is -0.143. The van der Waals surface area contributed by atoms with Crippen molar-refractivity contribution in [3.05, 3.63) is 52.2 Å². The second-order valence-corrected chi connectivity index (χ2v) is 10.4. The van der Waals surface area contributed by atoms with E-state index in [1.165, 1.54) is 0 Å². The largest absolute Gasteiger partial charge is 0.416 e. The molecule has 0 saturated heterocycles. The number of aryl methyl sites for hydroxylation is 1. The molecule has 1 saturated carbocycles. The molecule has 40 heavy (non-hydrogen) atoms. The number of benzene rings is 1. The number of hydrogen-bond donors (Lipinski definition) is 2. The summed E-state index contributed by atoms with van der Waals surface area (Å²) in [5.41, 5.74) is 4.17. The van der Waals surface area contributed by atoms with Crippen LogP contribution in [0.5, 0.6) is 0 Å². The highest BCUT2D eigenvalue weighted by Crippen LogP contribution is 2.38. The average Bonchev–Trinajstić information content (AvgIpc) is 3.53. The number of rotatable bonds is 8. The molecule has 0 spiro atoms. The van der Waals surface area contributed by atoms with Crippen molar-refractivity contribution in [3.8, 4) is 0 Å². The summed E-state index contributed by atoms with van der Waals surface area (Å²) in [7, 11) is 0. The van der Waals surface area contributed by atoms with Gasteiger partial charge in [0.05, 0.1) is 22.9 Å². The molecule has 1 atom stereocenters. The molecule has 1 aromatic carbocycles. The molecule has 2 amide bonds. The number of alkyl halides is 6. The fraction of sp³-hybridized carbons (Fsp3) is 0.519. The Kier molecular flexibility index (Phi) is 8.23. The van der Waals surface area contributed by atoms with E-state index in [1.807, 2.05) is 13.0 Å². The number of amides is 2. The summed E-state index contributed by atoms with van der Waals surface area (Å²) < 4.78 is 80.8. The predicted octanol–water partition coefficient (Wildman–Crippen LogP) is 6.96. The fourth-order valence-electron chi connectivity index (χ4n) is 5.39. The maximum Gasteiger partial charge on any atom is 0.416 e. The van der Waals surface area contributed by atoms with Crippen molar-refractivity contribution in [1.82, 2.24) is 20.1 Å². The molecule has 1 aliphatic rings. The van der Waals surface area contributed by atoms with Gasteiger partial charge in [0.15, 0.2) is 5.65 Å². The number of nitrogens with one attached hydrogen (secondary N) is 1. The highest BCUT2D eigenvalue weighted by atomic mass is 19.4. The zero-order chi connectivity index (χ0) is 29.4. The quantitative estimate of drug-likeness (QED) is 0.287. The number of fused-ring (bicyclic) bond motifs is 1. The number of primary amides is 1. The van der Waals surface area contributed by atoms with Gasteiger partial charge in [-0.3, -0.25) is 5.10 Å².